The van der Waals surface area contributed by atoms with Gasteiger partial charge in [0.2, 0.25) is 5.91 Å². The highest BCUT2D eigenvalue weighted by molar-refractivity contribution is 5.94. The van der Waals surface area contributed by atoms with Crippen molar-refractivity contribution in [2.24, 2.45) is 0 Å². The van der Waals surface area contributed by atoms with E-state index in [1.807, 2.05) is 0 Å². The molecule has 0 unspecified atom stereocenters. The molecule has 1 heterocycles. The van der Waals surface area contributed by atoms with Gasteiger partial charge in [-0.15, -0.1) is 0 Å². The van der Waals surface area contributed by atoms with Crippen molar-refractivity contribution in [2.75, 3.05) is 40.0 Å². The monoisotopic (exact) mass is 278 g/mol. The van der Waals surface area contributed by atoms with Crippen LogP contribution in [0.2, 0.25) is 0 Å². The molecule has 1 fully saturated rings. The van der Waals surface area contributed by atoms with Gasteiger partial charge in [-0.25, -0.2) is 0 Å². The number of ether oxygens (including phenoxy) is 2. The number of hydrogen-bond donors (Lipinski definition) is 1. The number of amides is 2. The van der Waals surface area contributed by atoms with E-state index in [9.17, 15) is 9.59 Å². The van der Waals surface area contributed by atoms with Gasteiger partial charge in [0, 0.05) is 25.2 Å². The first-order valence-corrected chi connectivity index (χ1v) is 6.48. The van der Waals surface area contributed by atoms with E-state index in [0.717, 1.165) is 0 Å². The Balaban J connectivity index is 1.78. The van der Waals surface area contributed by atoms with Crippen LogP contribution in [0.1, 0.15) is 10.4 Å². The van der Waals surface area contributed by atoms with E-state index in [1.165, 1.54) is 0 Å². The Labute approximate surface area is 117 Å². The Kier molecular flexibility index (Phi) is 4.95. The number of benzene rings is 1. The summed E-state index contributed by atoms with van der Waals surface area (Å²) in [4.78, 5) is 25.1. The van der Waals surface area contributed by atoms with Crippen molar-refractivity contribution in [1.29, 1.82) is 0 Å². The smallest absolute Gasteiger partial charge is 0.251 e. The van der Waals surface area contributed by atoms with E-state index < -0.39 is 0 Å². The first-order valence-electron chi connectivity index (χ1n) is 6.48. The van der Waals surface area contributed by atoms with Crippen LogP contribution < -0.4 is 10.1 Å². The van der Waals surface area contributed by atoms with Crippen molar-refractivity contribution < 1.29 is 19.1 Å². The van der Waals surface area contributed by atoms with E-state index in [2.05, 4.69) is 5.32 Å². The van der Waals surface area contributed by atoms with Crippen LogP contribution >= 0.6 is 0 Å². The maximum atomic E-state index is 11.9. The average molecular weight is 278 g/mol. The fraction of sp³-hybridized carbons (Fsp3) is 0.429. The second-order valence-electron chi connectivity index (χ2n) is 4.42. The van der Waals surface area contributed by atoms with Crippen LogP contribution in [0.25, 0.3) is 0 Å². The highest BCUT2D eigenvalue weighted by Gasteiger charge is 2.18. The minimum Gasteiger partial charge on any atom is -0.497 e. The van der Waals surface area contributed by atoms with Crippen molar-refractivity contribution >= 4 is 11.8 Å². The van der Waals surface area contributed by atoms with Gasteiger partial charge < -0.3 is 19.7 Å². The molecule has 20 heavy (non-hydrogen) atoms. The molecule has 0 spiro atoms. The highest BCUT2D eigenvalue weighted by Crippen LogP contribution is 2.10. The van der Waals surface area contributed by atoms with Crippen LogP contribution in [-0.2, 0) is 9.53 Å². The molecule has 6 heteroatoms. The third kappa shape index (κ3) is 3.71. The summed E-state index contributed by atoms with van der Waals surface area (Å²) in [5.41, 5.74) is 0.569. The Bertz CT molecular complexity index is 473. The fourth-order valence-corrected chi connectivity index (χ4v) is 1.94. The predicted molar refractivity (Wildman–Crippen MR) is 72.7 cm³/mol. The van der Waals surface area contributed by atoms with Crippen molar-refractivity contribution in [3.63, 3.8) is 0 Å². The molecule has 1 saturated heterocycles. The lowest BCUT2D eigenvalue weighted by molar-refractivity contribution is -0.142. The van der Waals surface area contributed by atoms with Gasteiger partial charge in [-0.2, -0.15) is 0 Å². The molecule has 0 atom stereocenters. The van der Waals surface area contributed by atoms with Crippen molar-refractivity contribution in [3.05, 3.63) is 29.8 Å². The van der Waals surface area contributed by atoms with Gasteiger partial charge in [0.1, 0.15) is 12.4 Å². The van der Waals surface area contributed by atoms with Gasteiger partial charge in [0.15, 0.2) is 0 Å². The summed E-state index contributed by atoms with van der Waals surface area (Å²) < 4.78 is 10.1. The Morgan fingerprint density at radius 3 is 2.80 bits per heavy atom. The molecule has 0 aromatic heterocycles. The fourth-order valence-electron chi connectivity index (χ4n) is 1.94. The Morgan fingerprint density at radius 1 is 1.40 bits per heavy atom. The van der Waals surface area contributed by atoms with Crippen LogP contribution in [0.15, 0.2) is 24.3 Å². The normalized spacial score (nSPS) is 15.1. The maximum Gasteiger partial charge on any atom is 0.251 e. The Hall–Kier alpha value is -2.08. The summed E-state index contributed by atoms with van der Waals surface area (Å²) in [6.07, 6.45) is 0. The largest absolute Gasteiger partial charge is 0.497 e. The molecule has 0 aliphatic carbocycles. The minimum atomic E-state index is -0.159. The number of hydrogen-bond acceptors (Lipinski definition) is 4. The summed E-state index contributed by atoms with van der Waals surface area (Å²) in [6.45, 7) is 2.20. The van der Waals surface area contributed by atoms with Crippen molar-refractivity contribution in [3.8, 4) is 5.75 Å². The van der Waals surface area contributed by atoms with Crippen molar-refractivity contribution in [1.82, 2.24) is 10.2 Å². The van der Waals surface area contributed by atoms with Crippen LogP contribution in [0, 0.1) is 0 Å². The number of nitrogens with zero attached hydrogens (tertiary/aromatic N) is 1. The lowest BCUT2D eigenvalue weighted by Crippen LogP contribution is -2.45. The molecule has 1 aromatic rings. The van der Waals surface area contributed by atoms with Gasteiger partial charge in [-0.1, -0.05) is 0 Å². The molecule has 0 radical (unpaired) electrons. The van der Waals surface area contributed by atoms with Crippen LogP contribution in [0.5, 0.6) is 5.75 Å². The van der Waals surface area contributed by atoms with Gasteiger partial charge in [0.25, 0.3) is 5.91 Å². The molecule has 1 aliphatic rings. The van der Waals surface area contributed by atoms with E-state index in [1.54, 1.807) is 36.3 Å². The predicted octanol–water partition coefficient (Wildman–Crippen LogP) is 0.284. The SMILES string of the molecule is COc1ccc(C(=O)NCCN2CCOCC2=O)cc1. The van der Waals surface area contributed by atoms with Crippen LogP contribution in [0.4, 0.5) is 0 Å². The number of morpholine rings is 1. The number of carbonyl (C=O) groups excluding carboxylic acids is 2. The third-order valence-electron chi connectivity index (χ3n) is 3.10. The number of methoxy groups -OCH3 is 1. The first-order chi connectivity index (χ1) is 9.70. The standard InChI is InChI=1S/C14H18N2O4/c1-19-12-4-2-11(3-5-12)14(18)15-6-7-16-8-9-20-10-13(16)17/h2-5H,6-10H2,1H3,(H,15,18). The number of nitrogens with one attached hydrogen (secondary N) is 1. The van der Waals surface area contributed by atoms with Gasteiger partial charge in [0.05, 0.1) is 13.7 Å². The highest BCUT2D eigenvalue weighted by atomic mass is 16.5. The maximum absolute atomic E-state index is 11.9. The molecule has 108 valence electrons. The molecule has 6 nitrogen and oxygen atoms in total. The minimum absolute atomic E-state index is 0.0325. The zero-order valence-corrected chi connectivity index (χ0v) is 11.4. The summed E-state index contributed by atoms with van der Waals surface area (Å²) in [5.74, 6) is 0.517. The van der Waals surface area contributed by atoms with Crippen LogP contribution in [-0.4, -0.2) is 56.7 Å². The number of rotatable bonds is 5. The molecule has 1 aromatic carbocycles. The molecule has 2 rings (SSSR count). The summed E-state index contributed by atoms with van der Waals surface area (Å²) >= 11 is 0. The van der Waals surface area contributed by atoms with Crippen LogP contribution in [0.3, 0.4) is 0 Å². The zero-order chi connectivity index (χ0) is 14.4. The van der Waals surface area contributed by atoms with E-state index in [0.29, 0.717) is 37.6 Å². The van der Waals surface area contributed by atoms with Gasteiger partial charge in [-0.3, -0.25) is 9.59 Å². The van der Waals surface area contributed by atoms with E-state index in [4.69, 9.17) is 9.47 Å². The molecular weight excluding hydrogens is 260 g/mol. The molecule has 0 saturated carbocycles. The molecule has 2 amide bonds. The topological polar surface area (TPSA) is 67.9 Å². The lowest BCUT2D eigenvalue weighted by Gasteiger charge is -2.26. The summed E-state index contributed by atoms with van der Waals surface area (Å²) in [5, 5.41) is 2.79. The van der Waals surface area contributed by atoms with Crippen molar-refractivity contribution in [2.45, 2.75) is 0 Å². The second-order valence-corrected chi connectivity index (χ2v) is 4.42. The summed E-state index contributed by atoms with van der Waals surface area (Å²) in [7, 11) is 1.58. The Morgan fingerprint density at radius 2 is 2.15 bits per heavy atom. The quantitative estimate of drug-likeness (QED) is 0.840. The molecular formula is C14H18N2O4. The first kappa shape index (κ1) is 14.3. The lowest BCUT2D eigenvalue weighted by atomic mass is 10.2. The van der Waals surface area contributed by atoms with E-state index in [-0.39, 0.29) is 18.4 Å². The average Bonchev–Trinajstić information content (AvgIpc) is 2.49. The van der Waals surface area contributed by atoms with E-state index >= 15 is 0 Å². The van der Waals surface area contributed by atoms with Gasteiger partial charge in [-0.05, 0) is 24.3 Å². The van der Waals surface area contributed by atoms with Gasteiger partial charge >= 0.3 is 0 Å². The zero-order valence-electron chi connectivity index (χ0n) is 11.4. The third-order valence-corrected chi connectivity index (χ3v) is 3.10. The summed E-state index contributed by atoms with van der Waals surface area (Å²) in [6, 6.07) is 6.88. The number of carbonyl (C=O) groups is 2. The molecule has 1 N–H and O–H groups in total. The second kappa shape index (κ2) is 6.91. The molecule has 1 aliphatic heterocycles. The molecule has 0 bridgehead atoms.